The van der Waals surface area contributed by atoms with Crippen molar-refractivity contribution in [3.8, 4) is 0 Å². The van der Waals surface area contributed by atoms with E-state index in [4.69, 9.17) is 17.7 Å². The molecular weight excluding hydrogens is 1430 g/mol. The number of aromatic amines is 3. The van der Waals surface area contributed by atoms with Gasteiger partial charge >= 0.3 is 96.1 Å². The van der Waals surface area contributed by atoms with Crippen LogP contribution in [0.1, 0.15) is 47.2 Å². The molecule has 0 radical (unpaired) electrons. The molecule has 0 aliphatic carbocycles. The number of halogens is 4. The normalized spacial score (nSPS) is 10.5. The van der Waals surface area contributed by atoms with Gasteiger partial charge in [0.05, 0.1) is 0 Å². The average molecular weight is 1490 g/mol. The van der Waals surface area contributed by atoms with Crippen LogP contribution >= 0.6 is 100 Å². The summed E-state index contributed by atoms with van der Waals surface area (Å²) in [5, 5.41) is 7.99. The van der Waals surface area contributed by atoms with Crippen LogP contribution in [0, 0.1) is 24.3 Å². The number of hydrogen-bond donors (Lipinski definition) is 4. The zero-order valence-corrected chi connectivity index (χ0v) is 57.2. The summed E-state index contributed by atoms with van der Waals surface area (Å²) in [5.41, 5.74) is 7.15. The smallest absolute Gasteiger partial charge is 0.255 e. The standard InChI is InChI=1S/C17H14ClNS.C17H15NOS.C10H8BrNO.C10H11IO4.C9H6BrNO.C7H8S/c1-12-10-19-17(18)15-8-7-14(9-16(12)15)20-11-13-5-3-2-4-6-13;1-12-10-18-17(19)15-8-7-14(9-16(12)15)20-11-13-5-3-2-4-6-13;1-6-5-12-10(13)8-3-2-7(11)4-9(6)8;1-8(12)14-11(15-9(2)13)10-6-4-3-5-7-10;10-7-1-2-8-6(5-7)3-4-11-9(8)12;8-6-7-4-2-1-3-5-7/h2-10H,11H2,1H3;2-10H,11H2,1H3,(H,18,19);2-5H,1H3,(H,12,13);3-7H,1-2H3;1-5H,(H,11,12);1-5,8H,6H2. The summed E-state index contributed by atoms with van der Waals surface area (Å²) in [7, 11) is 0. The quantitative estimate of drug-likeness (QED) is 0.0448. The van der Waals surface area contributed by atoms with Gasteiger partial charge in [0, 0.05) is 82.3 Å². The number of nitrogens with zero attached hydrogens (tertiary/aromatic N) is 1. The molecule has 0 aliphatic rings. The molecule has 4 aromatic heterocycles. The molecule has 0 aliphatic heterocycles. The monoisotopic (exact) mass is 1490 g/mol. The molecule has 12 aromatic rings. The molecule has 4 heterocycles. The zero-order chi connectivity index (χ0) is 63.0. The van der Waals surface area contributed by atoms with Gasteiger partial charge in [-0.25, -0.2) is 4.98 Å². The average Bonchev–Trinajstić information content (AvgIpc) is 1.84. The summed E-state index contributed by atoms with van der Waals surface area (Å²) >= 11 is 18.0. The summed E-state index contributed by atoms with van der Waals surface area (Å²) in [6.07, 6.45) is 6.99. The van der Waals surface area contributed by atoms with Crippen LogP contribution in [-0.4, -0.2) is 31.9 Å². The van der Waals surface area contributed by atoms with Gasteiger partial charge in [0.25, 0.3) is 16.7 Å². The third kappa shape index (κ3) is 21.2. The van der Waals surface area contributed by atoms with E-state index in [2.05, 4.69) is 156 Å². The van der Waals surface area contributed by atoms with E-state index in [0.717, 1.165) is 84.2 Å². The van der Waals surface area contributed by atoms with Crippen LogP contribution in [0.15, 0.2) is 258 Å². The molecule has 18 heteroatoms. The molecule has 0 unspecified atom stereocenters. The molecule has 8 aromatic carbocycles. The predicted molar refractivity (Wildman–Crippen MR) is 384 cm³/mol. The molecule has 0 spiro atoms. The number of nitrogens with one attached hydrogen (secondary N) is 3. The Hall–Kier alpha value is -7.23. The van der Waals surface area contributed by atoms with Crippen LogP contribution in [0.25, 0.3) is 43.1 Å². The Morgan fingerprint density at radius 2 is 0.920 bits per heavy atom. The molecule has 11 nitrogen and oxygen atoms in total. The number of aromatic nitrogens is 4. The number of thiol groups is 1. The minimum Gasteiger partial charge on any atom is -0.329 e. The molecule has 12 rings (SSSR count). The van der Waals surface area contributed by atoms with Crippen molar-refractivity contribution >= 4 is 155 Å². The van der Waals surface area contributed by atoms with Crippen molar-refractivity contribution in [2.24, 2.45) is 0 Å². The van der Waals surface area contributed by atoms with Crippen molar-refractivity contribution < 1.29 is 15.7 Å². The molecule has 0 saturated heterocycles. The summed E-state index contributed by atoms with van der Waals surface area (Å²) in [6, 6.07) is 65.6. The fourth-order valence-electron chi connectivity index (χ4n) is 8.30. The van der Waals surface area contributed by atoms with Gasteiger partial charge in [0.2, 0.25) is 0 Å². The Kier molecular flexibility index (Phi) is 27.2. The minimum absolute atomic E-state index is 0.0230. The second-order valence-electron chi connectivity index (χ2n) is 19.3. The molecular formula is C70H62Br2ClIN4O7S3. The van der Waals surface area contributed by atoms with E-state index in [1.165, 1.54) is 45.7 Å². The van der Waals surface area contributed by atoms with Gasteiger partial charge in [-0.3, -0.25) is 14.4 Å². The molecule has 3 N–H and O–H groups in total. The predicted octanol–water partition coefficient (Wildman–Crippen LogP) is 18.9. The summed E-state index contributed by atoms with van der Waals surface area (Å²) < 4.78 is 12.8. The van der Waals surface area contributed by atoms with Gasteiger partial charge < -0.3 is 15.0 Å². The van der Waals surface area contributed by atoms with E-state index >= 15 is 0 Å². The maximum Gasteiger partial charge on any atom is 0.255 e. The van der Waals surface area contributed by atoms with Crippen LogP contribution in [0.4, 0.5) is 0 Å². The number of hydrogen-bond acceptors (Lipinski definition) is 11. The summed E-state index contributed by atoms with van der Waals surface area (Å²) in [5.74, 6) is 1.90. The number of fused-ring (bicyclic) bond motifs is 4. The Morgan fingerprint density at radius 3 is 1.41 bits per heavy atom. The first-order valence-corrected chi connectivity index (χ1v) is 34.7. The van der Waals surface area contributed by atoms with Crippen LogP contribution in [0.2, 0.25) is 5.15 Å². The Balaban J connectivity index is 0.000000154. The zero-order valence-electron chi connectivity index (χ0n) is 48.6. The van der Waals surface area contributed by atoms with Crippen molar-refractivity contribution in [2.75, 3.05) is 0 Å². The third-order valence-corrected chi connectivity index (χ3v) is 20.2. The van der Waals surface area contributed by atoms with Gasteiger partial charge in [0.15, 0.2) is 0 Å². The first-order valence-electron chi connectivity index (χ1n) is 27.3. The molecule has 88 heavy (non-hydrogen) atoms. The maximum absolute atomic E-state index is 11.8. The van der Waals surface area contributed by atoms with Gasteiger partial charge in [-0.05, 0) is 148 Å². The number of benzene rings is 8. The molecule has 0 saturated carbocycles. The summed E-state index contributed by atoms with van der Waals surface area (Å²) in [6.45, 7) is 8.67. The number of aryl methyl sites for hydroxylation is 3. The van der Waals surface area contributed by atoms with Crippen LogP contribution in [0.5, 0.6) is 0 Å². The number of pyridine rings is 4. The molecule has 0 amide bonds. The number of H-pyrrole nitrogens is 3. The molecule has 0 atom stereocenters. The van der Waals surface area contributed by atoms with Crippen molar-refractivity contribution in [2.45, 2.75) is 61.7 Å². The second kappa shape index (κ2) is 35.1. The largest absolute Gasteiger partial charge is 0.329 e. The van der Waals surface area contributed by atoms with E-state index in [1.54, 1.807) is 48.6 Å². The molecule has 0 bridgehead atoms. The van der Waals surface area contributed by atoms with E-state index in [1.807, 2.05) is 129 Å². The van der Waals surface area contributed by atoms with E-state index < -0.39 is 32.6 Å². The maximum atomic E-state index is 11.8. The topological polar surface area (TPSA) is 164 Å². The fourth-order valence-corrected chi connectivity index (χ4v) is 14.0. The van der Waals surface area contributed by atoms with E-state index in [0.29, 0.717) is 5.15 Å². The van der Waals surface area contributed by atoms with Crippen LogP contribution in [0.3, 0.4) is 0 Å². The van der Waals surface area contributed by atoms with E-state index in [9.17, 15) is 24.0 Å². The van der Waals surface area contributed by atoms with E-state index in [-0.39, 0.29) is 16.7 Å². The Morgan fingerprint density at radius 1 is 0.500 bits per heavy atom. The van der Waals surface area contributed by atoms with Crippen LogP contribution < -0.4 is 16.7 Å². The number of rotatable bonds is 10. The van der Waals surface area contributed by atoms with Gasteiger partial charge in [-0.15, -0.1) is 23.5 Å². The van der Waals surface area contributed by atoms with Gasteiger partial charge in [0.1, 0.15) is 5.15 Å². The van der Waals surface area contributed by atoms with Gasteiger partial charge in [-0.2, -0.15) is 12.6 Å². The third-order valence-electron chi connectivity index (χ3n) is 12.7. The van der Waals surface area contributed by atoms with Gasteiger partial charge in [-0.1, -0.05) is 141 Å². The number of thioether (sulfide) groups is 2. The first kappa shape index (κ1) is 68.3. The van der Waals surface area contributed by atoms with Crippen molar-refractivity contribution in [1.82, 2.24) is 19.9 Å². The van der Waals surface area contributed by atoms with Crippen LogP contribution in [-0.2, 0) is 33.0 Å². The minimum atomic E-state index is -2.59. The van der Waals surface area contributed by atoms with Crippen molar-refractivity contribution in [3.63, 3.8) is 0 Å². The SMILES string of the molecule is CC(=O)OI(OC(C)=O)c1ccccc1.Cc1c[nH]c(=O)c2ccc(Br)cc12.Cc1c[nH]c(=O)c2ccc(SCc3ccccc3)cc12.Cc1cnc(Cl)c2ccc(SCc3ccccc3)cc12.O=c1[nH]ccc2cc(Br)ccc12.SCc1ccccc1. The molecule has 450 valence electrons. The second-order valence-corrected chi connectivity index (χ2v) is 27.3. The first-order chi connectivity index (χ1) is 42.5. The Labute approximate surface area is 554 Å². The number of carbonyl (C=O) groups is 2. The van der Waals surface area contributed by atoms with Crippen molar-refractivity contribution in [3.05, 3.63) is 307 Å². The molecule has 0 fully saturated rings. The summed E-state index contributed by atoms with van der Waals surface area (Å²) in [4.78, 5) is 70.7. The fraction of sp³-hybridized carbons (Fsp3) is 0.114. The number of carbonyl (C=O) groups excluding carboxylic acids is 2. The Bertz CT molecular complexity index is 4440. The van der Waals surface area contributed by atoms with Crippen molar-refractivity contribution in [1.29, 1.82) is 0 Å².